The number of carbonyl (C=O) groups is 2. The van der Waals surface area contributed by atoms with Crippen LogP contribution in [0.3, 0.4) is 0 Å². The van der Waals surface area contributed by atoms with Crippen LogP contribution in [-0.4, -0.2) is 81.3 Å². The molecule has 0 aliphatic carbocycles. The maximum atomic E-state index is 12.5. The Morgan fingerprint density at radius 1 is 1.39 bits per heavy atom. The summed E-state index contributed by atoms with van der Waals surface area (Å²) in [4.78, 5) is 26.7. The van der Waals surface area contributed by atoms with Gasteiger partial charge in [0.2, 0.25) is 5.60 Å². The van der Waals surface area contributed by atoms with Gasteiger partial charge in [-0.05, 0) is 46.6 Å². The quantitative estimate of drug-likeness (QED) is 0.319. The van der Waals surface area contributed by atoms with Crippen LogP contribution in [0.4, 0.5) is 0 Å². The van der Waals surface area contributed by atoms with Gasteiger partial charge in [-0.25, -0.2) is 9.59 Å². The lowest BCUT2D eigenvalue weighted by molar-refractivity contribution is -0.213. The summed E-state index contributed by atoms with van der Waals surface area (Å²) >= 11 is 0. The molecular formula is C20H31NO7. The summed E-state index contributed by atoms with van der Waals surface area (Å²) in [5, 5.41) is 30.5. The standard InChI is InChI=1S/C20H31NO7/c1-6-12(2)17(23)28-15-8-10-21-9-7-14(16(15)21)11-27-18(24)20(26,13(3)22)19(4,5)25/h6-7,13,15-16,22,25-26H,8-11H2,1-5H3/b12-6-/t13-,15+,16+,20?/m0/s1. The molecule has 8 nitrogen and oxygen atoms in total. The Morgan fingerprint density at radius 2 is 2.04 bits per heavy atom. The maximum absolute atomic E-state index is 12.5. The van der Waals surface area contributed by atoms with Crippen LogP contribution in [0.5, 0.6) is 0 Å². The van der Waals surface area contributed by atoms with Crippen molar-refractivity contribution in [1.82, 2.24) is 4.90 Å². The Balaban J connectivity index is 2.06. The van der Waals surface area contributed by atoms with E-state index >= 15 is 0 Å². The fourth-order valence-corrected chi connectivity index (χ4v) is 3.66. The Bertz CT molecular complexity index is 677. The zero-order valence-electron chi connectivity index (χ0n) is 17.1. The van der Waals surface area contributed by atoms with E-state index in [-0.39, 0.29) is 24.7 Å². The van der Waals surface area contributed by atoms with Crippen LogP contribution in [0.1, 0.15) is 41.0 Å². The molecule has 28 heavy (non-hydrogen) atoms. The zero-order chi connectivity index (χ0) is 21.3. The molecule has 0 saturated carbocycles. The Morgan fingerprint density at radius 3 is 2.57 bits per heavy atom. The Labute approximate surface area is 165 Å². The highest BCUT2D eigenvalue weighted by Crippen LogP contribution is 2.33. The van der Waals surface area contributed by atoms with Gasteiger partial charge < -0.3 is 24.8 Å². The number of hydrogen-bond acceptors (Lipinski definition) is 8. The third-order valence-electron chi connectivity index (χ3n) is 5.65. The minimum Gasteiger partial charge on any atom is -0.459 e. The van der Waals surface area contributed by atoms with Crippen LogP contribution in [0.2, 0.25) is 0 Å². The van der Waals surface area contributed by atoms with Gasteiger partial charge in [0.15, 0.2) is 0 Å². The summed E-state index contributed by atoms with van der Waals surface area (Å²) in [5.74, 6) is -1.48. The number of carbonyl (C=O) groups excluding carboxylic acids is 2. The molecule has 0 aromatic carbocycles. The van der Waals surface area contributed by atoms with Crippen molar-refractivity contribution in [2.45, 2.75) is 70.5 Å². The largest absolute Gasteiger partial charge is 0.459 e. The summed E-state index contributed by atoms with van der Waals surface area (Å²) in [7, 11) is 0. The average Bonchev–Trinajstić information content (AvgIpc) is 3.20. The fraction of sp³-hybridized carbons (Fsp3) is 0.700. The van der Waals surface area contributed by atoms with E-state index in [9.17, 15) is 24.9 Å². The first-order valence-electron chi connectivity index (χ1n) is 9.50. The van der Waals surface area contributed by atoms with E-state index in [1.54, 1.807) is 19.9 Å². The van der Waals surface area contributed by atoms with Crippen molar-refractivity contribution >= 4 is 11.9 Å². The lowest BCUT2D eigenvalue weighted by Crippen LogP contribution is -2.63. The highest BCUT2D eigenvalue weighted by molar-refractivity contribution is 5.87. The van der Waals surface area contributed by atoms with Gasteiger partial charge in [-0.1, -0.05) is 12.2 Å². The van der Waals surface area contributed by atoms with Gasteiger partial charge in [-0.15, -0.1) is 0 Å². The number of aliphatic hydroxyl groups is 3. The Kier molecular flexibility index (Phi) is 6.70. The van der Waals surface area contributed by atoms with E-state index in [2.05, 4.69) is 4.90 Å². The minimum absolute atomic E-state index is 0.123. The van der Waals surface area contributed by atoms with Crippen molar-refractivity contribution in [1.29, 1.82) is 0 Å². The molecule has 2 aliphatic rings. The number of nitrogens with zero attached hydrogens (tertiary/aromatic N) is 1. The van der Waals surface area contributed by atoms with Crippen LogP contribution in [0.15, 0.2) is 23.3 Å². The SMILES string of the molecule is C/C=C(/C)C(=O)O[C@@H]1CCN2CC=C(COC(=O)C(O)([C@H](C)O)C(C)(C)O)[C@H]12. The first-order chi connectivity index (χ1) is 12.9. The second-order valence-electron chi connectivity index (χ2n) is 8.00. The third kappa shape index (κ3) is 4.15. The van der Waals surface area contributed by atoms with Crippen LogP contribution >= 0.6 is 0 Å². The van der Waals surface area contributed by atoms with E-state index in [0.717, 1.165) is 12.1 Å². The molecule has 4 atom stereocenters. The van der Waals surface area contributed by atoms with E-state index < -0.39 is 23.3 Å². The number of ether oxygens (including phenoxy) is 2. The first-order valence-corrected chi connectivity index (χ1v) is 9.50. The normalized spacial score (nSPS) is 26.3. The van der Waals surface area contributed by atoms with Gasteiger partial charge in [-0.2, -0.15) is 0 Å². The topological polar surface area (TPSA) is 117 Å². The minimum atomic E-state index is -2.46. The summed E-state index contributed by atoms with van der Waals surface area (Å²) in [5.41, 5.74) is -3.06. The van der Waals surface area contributed by atoms with Gasteiger partial charge in [0.05, 0.1) is 12.1 Å². The third-order valence-corrected chi connectivity index (χ3v) is 5.65. The molecule has 3 N–H and O–H groups in total. The van der Waals surface area contributed by atoms with Crippen molar-refractivity contribution in [3.05, 3.63) is 23.3 Å². The number of hydrogen-bond donors (Lipinski definition) is 3. The average molecular weight is 397 g/mol. The number of esters is 2. The summed E-state index contributed by atoms with van der Waals surface area (Å²) in [6.07, 6.45) is 2.40. The maximum Gasteiger partial charge on any atom is 0.344 e. The van der Waals surface area contributed by atoms with E-state index in [0.29, 0.717) is 18.5 Å². The van der Waals surface area contributed by atoms with Crippen LogP contribution < -0.4 is 0 Å². The number of aliphatic hydroxyl groups excluding tert-OH is 1. The van der Waals surface area contributed by atoms with Crippen molar-refractivity contribution < 1.29 is 34.4 Å². The van der Waals surface area contributed by atoms with Crippen molar-refractivity contribution in [2.75, 3.05) is 19.7 Å². The molecule has 0 amide bonds. The monoisotopic (exact) mass is 397 g/mol. The zero-order valence-corrected chi connectivity index (χ0v) is 17.1. The molecular weight excluding hydrogens is 366 g/mol. The number of fused-ring (bicyclic) bond motifs is 1. The smallest absolute Gasteiger partial charge is 0.344 e. The van der Waals surface area contributed by atoms with Gasteiger partial charge >= 0.3 is 11.9 Å². The predicted molar refractivity (Wildman–Crippen MR) is 101 cm³/mol. The molecule has 1 fully saturated rings. The second kappa shape index (κ2) is 8.32. The molecule has 0 bridgehead atoms. The molecule has 2 rings (SSSR count). The fourth-order valence-electron chi connectivity index (χ4n) is 3.66. The molecule has 8 heteroatoms. The van der Waals surface area contributed by atoms with Gasteiger partial charge in [0.25, 0.3) is 0 Å². The Hall–Kier alpha value is -1.74. The van der Waals surface area contributed by atoms with Gasteiger partial charge in [0.1, 0.15) is 18.3 Å². The van der Waals surface area contributed by atoms with Crippen molar-refractivity contribution in [2.24, 2.45) is 0 Å². The number of allylic oxidation sites excluding steroid dienone is 1. The second-order valence-corrected chi connectivity index (χ2v) is 8.00. The van der Waals surface area contributed by atoms with E-state index in [1.165, 1.54) is 20.8 Å². The molecule has 1 unspecified atom stereocenters. The van der Waals surface area contributed by atoms with E-state index in [4.69, 9.17) is 9.47 Å². The van der Waals surface area contributed by atoms with Crippen LogP contribution in [0.25, 0.3) is 0 Å². The summed E-state index contributed by atoms with van der Waals surface area (Å²) in [6.45, 7) is 8.42. The summed E-state index contributed by atoms with van der Waals surface area (Å²) in [6, 6.07) is -0.191. The molecule has 0 spiro atoms. The predicted octanol–water partition coefficient (Wildman–Crippen LogP) is 0.305. The van der Waals surface area contributed by atoms with Crippen LogP contribution in [0, 0.1) is 0 Å². The molecule has 0 aromatic heterocycles. The molecule has 2 aliphatic heterocycles. The lowest BCUT2D eigenvalue weighted by Gasteiger charge is -2.38. The molecule has 158 valence electrons. The number of rotatable bonds is 7. The molecule has 2 heterocycles. The molecule has 0 aromatic rings. The highest BCUT2D eigenvalue weighted by Gasteiger charge is 2.54. The van der Waals surface area contributed by atoms with Gasteiger partial charge in [-0.3, -0.25) is 4.90 Å². The summed E-state index contributed by atoms with van der Waals surface area (Å²) < 4.78 is 10.9. The highest BCUT2D eigenvalue weighted by atomic mass is 16.6. The first kappa shape index (κ1) is 22.5. The lowest BCUT2D eigenvalue weighted by atomic mass is 9.81. The van der Waals surface area contributed by atoms with Gasteiger partial charge in [0, 0.05) is 18.7 Å². The van der Waals surface area contributed by atoms with Crippen molar-refractivity contribution in [3.8, 4) is 0 Å². The molecule has 1 saturated heterocycles. The van der Waals surface area contributed by atoms with Crippen LogP contribution in [-0.2, 0) is 19.1 Å². The van der Waals surface area contributed by atoms with E-state index in [1.807, 2.05) is 6.08 Å². The molecule has 0 radical (unpaired) electrons. The van der Waals surface area contributed by atoms with Crippen molar-refractivity contribution in [3.63, 3.8) is 0 Å².